The molecule has 0 saturated heterocycles. The number of allylic oxidation sites excluding steroid dienone is 1. The first kappa shape index (κ1) is 20.8. The van der Waals surface area contributed by atoms with Gasteiger partial charge in [-0.25, -0.2) is 5.43 Å². The highest BCUT2D eigenvalue weighted by Crippen LogP contribution is 2.21. The number of ether oxygens (including phenoxy) is 1. The largest absolute Gasteiger partial charge is 0.484 e. The second kappa shape index (κ2) is 10.6. The number of carbonyl (C=O) groups excluding carboxylic acids is 1. The number of hydrazone groups is 1. The molecule has 0 aromatic heterocycles. The molecule has 2 aromatic carbocycles. The molecule has 1 N–H and O–H groups in total. The van der Waals surface area contributed by atoms with Gasteiger partial charge in [0.2, 0.25) is 0 Å². The third-order valence-corrected chi connectivity index (χ3v) is 4.17. The van der Waals surface area contributed by atoms with Gasteiger partial charge in [-0.1, -0.05) is 32.1 Å². The molecule has 146 valence electrons. The molecule has 0 aliphatic rings. The molecule has 0 bridgehead atoms. The van der Waals surface area contributed by atoms with E-state index in [0.717, 1.165) is 12.0 Å². The van der Waals surface area contributed by atoms with Gasteiger partial charge in [-0.15, -0.1) is 0 Å². The standard InChI is InChI=1S/C21H23N3O4/c1-3-16(2)18-8-12-20(13-9-18)28-15-21(25)23-22-14-4-5-17-6-10-19(11-7-17)24(26)27/h4-14,16H,3,15H2,1-2H3,(H,23,25)/b5-4+,22-14+. The minimum atomic E-state index is -0.452. The molecule has 2 aromatic rings. The number of nitro groups is 1. The Morgan fingerprint density at radius 2 is 1.89 bits per heavy atom. The topological polar surface area (TPSA) is 93.8 Å². The molecule has 1 unspecified atom stereocenters. The molecule has 0 heterocycles. The van der Waals surface area contributed by atoms with E-state index in [4.69, 9.17) is 4.74 Å². The van der Waals surface area contributed by atoms with Crippen molar-refractivity contribution in [1.29, 1.82) is 0 Å². The van der Waals surface area contributed by atoms with Crippen LogP contribution in [-0.2, 0) is 4.79 Å². The Labute approximate surface area is 163 Å². The molecule has 0 radical (unpaired) electrons. The lowest BCUT2D eigenvalue weighted by atomic mass is 9.99. The molecular formula is C21H23N3O4. The zero-order valence-corrected chi connectivity index (χ0v) is 15.9. The highest BCUT2D eigenvalue weighted by Gasteiger charge is 2.05. The lowest BCUT2D eigenvalue weighted by Gasteiger charge is -2.10. The van der Waals surface area contributed by atoms with E-state index in [9.17, 15) is 14.9 Å². The van der Waals surface area contributed by atoms with Crippen molar-refractivity contribution in [2.45, 2.75) is 26.2 Å². The normalized spacial score (nSPS) is 12.2. The minimum absolute atomic E-state index is 0.0348. The molecule has 0 fully saturated rings. The summed E-state index contributed by atoms with van der Waals surface area (Å²) in [6.45, 7) is 4.17. The van der Waals surface area contributed by atoms with Gasteiger partial charge in [0.25, 0.3) is 11.6 Å². The minimum Gasteiger partial charge on any atom is -0.484 e. The van der Waals surface area contributed by atoms with Gasteiger partial charge in [0, 0.05) is 18.3 Å². The van der Waals surface area contributed by atoms with Gasteiger partial charge in [0.15, 0.2) is 6.61 Å². The van der Waals surface area contributed by atoms with Gasteiger partial charge >= 0.3 is 0 Å². The van der Waals surface area contributed by atoms with Crippen LogP contribution in [0.4, 0.5) is 5.69 Å². The molecule has 0 aliphatic carbocycles. The Morgan fingerprint density at radius 3 is 2.50 bits per heavy atom. The number of hydrogen-bond acceptors (Lipinski definition) is 5. The van der Waals surface area contributed by atoms with Crippen LogP contribution < -0.4 is 10.2 Å². The highest BCUT2D eigenvalue weighted by atomic mass is 16.6. The van der Waals surface area contributed by atoms with Gasteiger partial charge in [-0.3, -0.25) is 14.9 Å². The van der Waals surface area contributed by atoms with E-state index >= 15 is 0 Å². The summed E-state index contributed by atoms with van der Waals surface area (Å²) < 4.78 is 5.43. The summed E-state index contributed by atoms with van der Waals surface area (Å²) in [6.07, 6.45) is 5.82. The Kier molecular flexibility index (Phi) is 7.90. The van der Waals surface area contributed by atoms with Crippen LogP contribution in [-0.4, -0.2) is 23.7 Å². The molecule has 0 saturated carbocycles. The second-order valence-corrected chi connectivity index (χ2v) is 6.19. The van der Waals surface area contributed by atoms with Crippen molar-refractivity contribution in [1.82, 2.24) is 5.43 Å². The molecule has 28 heavy (non-hydrogen) atoms. The third-order valence-electron chi connectivity index (χ3n) is 4.17. The number of benzene rings is 2. The van der Waals surface area contributed by atoms with Crippen molar-refractivity contribution in [3.63, 3.8) is 0 Å². The van der Waals surface area contributed by atoms with E-state index in [-0.39, 0.29) is 18.2 Å². The molecule has 0 aliphatic heterocycles. The van der Waals surface area contributed by atoms with Crippen LogP contribution in [0, 0.1) is 10.1 Å². The highest BCUT2D eigenvalue weighted by molar-refractivity contribution is 5.82. The average Bonchev–Trinajstić information content (AvgIpc) is 2.72. The van der Waals surface area contributed by atoms with Crippen LogP contribution >= 0.6 is 0 Å². The number of hydrogen-bond donors (Lipinski definition) is 1. The maximum Gasteiger partial charge on any atom is 0.277 e. The van der Waals surface area contributed by atoms with Gasteiger partial charge in [-0.05, 0) is 53.8 Å². The summed E-state index contributed by atoms with van der Waals surface area (Å²) >= 11 is 0. The molecule has 1 atom stereocenters. The van der Waals surface area contributed by atoms with Crippen LogP contribution in [0.5, 0.6) is 5.75 Å². The lowest BCUT2D eigenvalue weighted by molar-refractivity contribution is -0.384. The first-order valence-electron chi connectivity index (χ1n) is 8.95. The molecule has 7 heteroatoms. The van der Waals surface area contributed by atoms with Crippen molar-refractivity contribution >= 4 is 23.9 Å². The zero-order valence-electron chi connectivity index (χ0n) is 15.9. The number of carbonyl (C=O) groups is 1. The zero-order chi connectivity index (χ0) is 20.4. The van der Waals surface area contributed by atoms with E-state index in [1.165, 1.54) is 23.9 Å². The van der Waals surface area contributed by atoms with Crippen LogP contribution in [0.1, 0.15) is 37.3 Å². The van der Waals surface area contributed by atoms with Gasteiger partial charge in [0.1, 0.15) is 5.75 Å². The first-order valence-corrected chi connectivity index (χ1v) is 8.95. The van der Waals surface area contributed by atoms with Crippen molar-refractivity contribution in [3.05, 3.63) is 75.8 Å². The number of rotatable bonds is 9. The van der Waals surface area contributed by atoms with Gasteiger partial charge in [0.05, 0.1) is 4.92 Å². The summed E-state index contributed by atoms with van der Waals surface area (Å²) in [5, 5.41) is 14.4. The SMILES string of the molecule is CCC(C)c1ccc(OCC(=O)N/N=C/C=C/c2ccc([N+](=O)[O-])cc2)cc1. The Bertz CT molecular complexity index is 843. The molecule has 2 rings (SSSR count). The van der Waals surface area contributed by atoms with Crippen molar-refractivity contribution in [2.75, 3.05) is 6.61 Å². The summed E-state index contributed by atoms with van der Waals surface area (Å²) in [4.78, 5) is 21.9. The number of non-ortho nitro benzene ring substituents is 1. The second-order valence-electron chi connectivity index (χ2n) is 6.19. The molecule has 0 spiro atoms. The fourth-order valence-corrected chi connectivity index (χ4v) is 2.32. The van der Waals surface area contributed by atoms with E-state index in [1.54, 1.807) is 24.3 Å². The predicted molar refractivity (Wildman–Crippen MR) is 109 cm³/mol. The van der Waals surface area contributed by atoms with Crippen LogP contribution in [0.25, 0.3) is 6.08 Å². The lowest BCUT2D eigenvalue weighted by Crippen LogP contribution is -2.24. The molecular weight excluding hydrogens is 358 g/mol. The van der Waals surface area contributed by atoms with E-state index in [1.807, 2.05) is 24.3 Å². The fraction of sp³-hybridized carbons (Fsp3) is 0.238. The number of nitrogens with zero attached hydrogens (tertiary/aromatic N) is 2. The van der Waals surface area contributed by atoms with Crippen LogP contribution in [0.15, 0.2) is 59.7 Å². The monoisotopic (exact) mass is 381 g/mol. The van der Waals surface area contributed by atoms with E-state index in [0.29, 0.717) is 11.7 Å². The fourth-order valence-electron chi connectivity index (χ4n) is 2.32. The smallest absolute Gasteiger partial charge is 0.277 e. The van der Waals surface area contributed by atoms with E-state index in [2.05, 4.69) is 24.4 Å². The van der Waals surface area contributed by atoms with E-state index < -0.39 is 4.92 Å². The Hall–Kier alpha value is -3.48. The maximum atomic E-state index is 11.7. The summed E-state index contributed by atoms with van der Waals surface area (Å²) in [6, 6.07) is 13.8. The first-order chi connectivity index (χ1) is 13.5. The molecule has 1 amide bonds. The Morgan fingerprint density at radius 1 is 1.21 bits per heavy atom. The van der Waals surface area contributed by atoms with Crippen LogP contribution in [0.2, 0.25) is 0 Å². The van der Waals surface area contributed by atoms with Crippen molar-refractivity contribution in [2.24, 2.45) is 5.10 Å². The van der Waals surface area contributed by atoms with Crippen LogP contribution in [0.3, 0.4) is 0 Å². The quantitative estimate of drug-likeness (QED) is 0.398. The summed E-state index contributed by atoms with van der Waals surface area (Å²) in [5.41, 5.74) is 4.43. The van der Waals surface area contributed by atoms with Crippen molar-refractivity contribution < 1.29 is 14.5 Å². The average molecular weight is 381 g/mol. The summed E-state index contributed by atoms with van der Waals surface area (Å²) in [7, 11) is 0. The number of nitrogens with one attached hydrogen (secondary N) is 1. The van der Waals surface area contributed by atoms with Crippen molar-refractivity contribution in [3.8, 4) is 5.75 Å². The van der Waals surface area contributed by atoms with Gasteiger partial charge in [-0.2, -0.15) is 5.10 Å². The third kappa shape index (κ3) is 6.68. The number of amides is 1. The molecule has 7 nitrogen and oxygen atoms in total. The summed E-state index contributed by atoms with van der Waals surface area (Å²) in [5.74, 6) is 0.751. The van der Waals surface area contributed by atoms with Gasteiger partial charge < -0.3 is 4.74 Å². The predicted octanol–water partition coefficient (Wildman–Crippen LogP) is 4.30. The number of nitro benzene ring substituents is 1. The Balaban J connectivity index is 1.73. The maximum absolute atomic E-state index is 11.7.